The molecule has 6 heteroatoms. The number of sulfonamides is 1. The lowest BCUT2D eigenvalue weighted by molar-refractivity contribution is 0.467. The first kappa shape index (κ1) is 15.3. The van der Waals surface area contributed by atoms with Crippen molar-refractivity contribution in [3.8, 4) is 11.5 Å². The predicted molar refractivity (Wildman–Crippen MR) is 82.8 cm³/mol. The van der Waals surface area contributed by atoms with E-state index in [0.717, 1.165) is 0 Å². The van der Waals surface area contributed by atoms with E-state index in [2.05, 4.69) is 13.8 Å². The van der Waals surface area contributed by atoms with Crippen molar-refractivity contribution in [3.05, 3.63) is 48.0 Å². The van der Waals surface area contributed by atoms with Gasteiger partial charge in [-0.25, -0.2) is 13.6 Å². The largest absolute Gasteiger partial charge is 0.456 e. The lowest BCUT2D eigenvalue weighted by Gasteiger charge is -2.11. The van der Waals surface area contributed by atoms with E-state index in [0.29, 0.717) is 17.4 Å². The molecule has 21 heavy (non-hydrogen) atoms. The summed E-state index contributed by atoms with van der Waals surface area (Å²) in [6.07, 6.45) is 0. The van der Waals surface area contributed by atoms with Gasteiger partial charge in [-0.05, 0) is 41.8 Å². The average molecular weight is 306 g/mol. The molecule has 4 N–H and O–H groups in total. The molecule has 0 spiro atoms. The standard InChI is InChI=1S/C15H18N2O3S/c1-10(2)11-3-6-13(7-4-11)20-14-8-5-12(16)9-15(14)21(17,18)19/h3-10H,16H2,1-2H3,(H2,17,18,19). The van der Waals surface area contributed by atoms with Crippen LogP contribution in [-0.2, 0) is 10.0 Å². The second-order valence-corrected chi connectivity index (χ2v) is 6.61. The first-order chi connectivity index (χ1) is 9.77. The van der Waals surface area contributed by atoms with Gasteiger partial charge in [0.2, 0.25) is 10.0 Å². The normalized spacial score (nSPS) is 11.6. The maximum atomic E-state index is 11.6. The van der Waals surface area contributed by atoms with Crippen molar-refractivity contribution in [1.82, 2.24) is 0 Å². The second-order valence-electron chi connectivity index (χ2n) is 5.08. The van der Waals surface area contributed by atoms with Gasteiger partial charge in [0.1, 0.15) is 16.4 Å². The van der Waals surface area contributed by atoms with Gasteiger partial charge in [0.15, 0.2) is 0 Å². The van der Waals surface area contributed by atoms with Crippen LogP contribution >= 0.6 is 0 Å². The summed E-state index contributed by atoms with van der Waals surface area (Å²) in [6.45, 7) is 4.18. The maximum Gasteiger partial charge on any atom is 0.241 e. The first-order valence-electron chi connectivity index (χ1n) is 6.47. The Kier molecular flexibility index (Phi) is 4.20. The quantitative estimate of drug-likeness (QED) is 0.849. The third-order valence-electron chi connectivity index (χ3n) is 3.05. The molecule has 0 saturated carbocycles. The molecule has 0 heterocycles. The first-order valence-corrected chi connectivity index (χ1v) is 8.02. The molecular weight excluding hydrogens is 288 g/mol. The molecule has 0 atom stereocenters. The van der Waals surface area contributed by atoms with Gasteiger partial charge >= 0.3 is 0 Å². The van der Waals surface area contributed by atoms with E-state index in [-0.39, 0.29) is 10.6 Å². The van der Waals surface area contributed by atoms with Gasteiger partial charge in [-0.3, -0.25) is 0 Å². The minimum absolute atomic E-state index is 0.129. The number of nitrogen functional groups attached to an aromatic ring is 1. The third-order valence-corrected chi connectivity index (χ3v) is 3.98. The smallest absolute Gasteiger partial charge is 0.241 e. The number of hydrogen-bond acceptors (Lipinski definition) is 4. The van der Waals surface area contributed by atoms with Crippen LogP contribution in [0.5, 0.6) is 11.5 Å². The molecule has 0 unspecified atom stereocenters. The minimum atomic E-state index is -3.90. The van der Waals surface area contributed by atoms with Crippen LogP contribution < -0.4 is 15.6 Å². The molecule has 0 amide bonds. The summed E-state index contributed by atoms with van der Waals surface area (Å²) in [6, 6.07) is 11.8. The van der Waals surface area contributed by atoms with Crippen molar-refractivity contribution in [2.45, 2.75) is 24.7 Å². The van der Waals surface area contributed by atoms with E-state index in [1.807, 2.05) is 12.1 Å². The molecule has 2 rings (SSSR count). The van der Waals surface area contributed by atoms with Crippen LogP contribution in [0.2, 0.25) is 0 Å². The zero-order valence-electron chi connectivity index (χ0n) is 11.9. The Bertz CT molecular complexity index is 738. The molecule has 0 aliphatic heterocycles. The van der Waals surface area contributed by atoms with Crippen LogP contribution in [0.1, 0.15) is 25.3 Å². The number of nitrogens with two attached hydrogens (primary N) is 2. The fourth-order valence-electron chi connectivity index (χ4n) is 1.88. The van der Waals surface area contributed by atoms with E-state index in [1.165, 1.54) is 17.7 Å². The Morgan fingerprint density at radius 2 is 1.67 bits per heavy atom. The van der Waals surface area contributed by atoms with Gasteiger partial charge < -0.3 is 10.5 Å². The summed E-state index contributed by atoms with van der Waals surface area (Å²) < 4.78 is 28.8. The molecular formula is C15H18N2O3S. The summed E-state index contributed by atoms with van der Waals surface area (Å²) in [5.41, 5.74) is 7.07. The number of primary sulfonamides is 1. The van der Waals surface area contributed by atoms with Gasteiger partial charge in [0.25, 0.3) is 0 Å². The number of rotatable bonds is 4. The zero-order valence-corrected chi connectivity index (χ0v) is 12.7. The number of benzene rings is 2. The molecule has 112 valence electrons. The van der Waals surface area contributed by atoms with Crippen LogP contribution in [0.4, 0.5) is 5.69 Å². The molecule has 0 aliphatic carbocycles. The summed E-state index contributed by atoms with van der Waals surface area (Å²) in [7, 11) is -3.90. The highest BCUT2D eigenvalue weighted by Crippen LogP contribution is 2.30. The molecule has 0 aromatic heterocycles. The van der Waals surface area contributed by atoms with Gasteiger partial charge in [-0.1, -0.05) is 26.0 Å². The van der Waals surface area contributed by atoms with Crippen molar-refractivity contribution in [2.75, 3.05) is 5.73 Å². The van der Waals surface area contributed by atoms with Gasteiger partial charge in [-0.2, -0.15) is 0 Å². The van der Waals surface area contributed by atoms with E-state index in [9.17, 15) is 8.42 Å². The van der Waals surface area contributed by atoms with Crippen LogP contribution in [0.3, 0.4) is 0 Å². The molecule has 5 nitrogen and oxygen atoms in total. The highest BCUT2D eigenvalue weighted by Gasteiger charge is 2.16. The van der Waals surface area contributed by atoms with Gasteiger partial charge in [0.05, 0.1) is 0 Å². The fourth-order valence-corrected chi connectivity index (χ4v) is 2.57. The lowest BCUT2D eigenvalue weighted by atomic mass is 10.0. The van der Waals surface area contributed by atoms with Crippen molar-refractivity contribution in [3.63, 3.8) is 0 Å². The van der Waals surface area contributed by atoms with Crippen LogP contribution in [0.15, 0.2) is 47.4 Å². The Balaban J connectivity index is 2.35. The summed E-state index contributed by atoms with van der Waals surface area (Å²) in [4.78, 5) is -0.129. The molecule has 0 saturated heterocycles. The van der Waals surface area contributed by atoms with Crippen LogP contribution in [0.25, 0.3) is 0 Å². The third kappa shape index (κ3) is 3.74. The highest BCUT2D eigenvalue weighted by molar-refractivity contribution is 7.89. The van der Waals surface area contributed by atoms with E-state index in [4.69, 9.17) is 15.6 Å². The fraction of sp³-hybridized carbons (Fsp3) is 0.200. The summed E-state index contributed by atoms with van der Waals surface area (Å²) >= 11 is 0. The van der Waals surface area contributed by atoms with Gasteiger partial charge in [0, 0.05) is 5.69 Å². The Hall–Kier alpha value is -2.05. The second kappa shape index (κ2) is 5.75. The summed E-state index contributed by atoms with van der Waals surface area (Å²) in [5, 5.41) is 5.18. The molecule has 0 fully saturated rings. The minimum Gasteiger partial charge on any atom is -0.456 e. The average Bonchev–Trinajstić information content (AvgIpc) is 2.40. The lowest BCUT2D eigenvalue weighted by Crippen LogP contribution is -2.13. The topological polar surface area (TPSA) is 95.4 Å². The van der Waals surface area contributed by atoms with Crippen LogP contribution in [-0.4, -0.2) is 8.42 Å². The Morgan fingerprint density at radius 3 is 2.19 bits per heavy atom. The highest BCUT2D eigenvalue weighted by atomic mass is 32.2. The maximum absolute atomic E-state index is 11.6. The molecule has 0 bridgehead atoms. The SMILES string of the molecule is CC(C)c1ccc(Oc2ccc(N)cc2S(N)(=O)=O)cc1. The number of anilines is 1. The van der Waals surface area contributed by atoms with E-state index >= 15 is 0 Å². The van der Waals surface area contributed by atoms with Gasteiger partial charge in [-0.15, -0.1) is 0 Å². The number of hydrogen-bond donors (Lipinski definition) is 2. The molecule has 0 radical (unpaired) electrons. The van der Waals surface area contributed by atoms with E-state index < -0.39 is 10.0 Å². The van der Waals surface area contributed by atoms with E-state index in [1.54, 1.807) is 18.2 Å². The van der Waals surface area contributed by atoms with Crippen molar-refractivity contribution in [1.29, 1.82) is 0 Å². The van der Waals surface area contributed by atoms with Crippen molar-refractivity contribution >= 4 is 15.7 Å². The summed E-state index contributed by atoms with van der Waals surface area (Å²) in [5.74, 6) is 1.11. The molecule has 0 aliphatic rings. The van der Waals surface area contributed by atoms with Crippen molar-refractivity contribution in [2.24, 2.45) is 5.14 Å². The van der Waals surface area contributed by atoms with Crippen molar-refractivity contribution < 1.29 is 13.2 Å². The Morgan fingerprint density at radius 1 is 1.05 bits per heavy atom. The predicted octanol–water partition coefficient (Wildman–Crippen LogP) is 2.83. The zero-order chi connectivity index (χ0) is 15.6. The molecule has 2 aromatic carbocycles. The monoisotopic (exact) mass is 306 g/mol. The Labute approximate surface area is 124 Å². The number of ether oxygens (including phenoxy) is 1. The van der Waals surface area contributed by atoms with Crippen LogP contribution in [0, 0.1) is 0 Å². The molecule has 2 aromatic rings.